The van der Waals surface area contributed by atoms with E-state index >= 15 is 0 Å². The van der Waals surface area contributed by atoms with Gasteiger partial charge in [-0.15, -0.1) is 4.33 Å². The van der Waals surface area contributed by atoms with Crippen LogP contribution in [0.5, 0.6) is 0 Å². The van der Waals surface area contributed by atoms with E-state index in [0.717, 1.165) is 6.07 Å². The van der Waals surface area contributed by atoms with Gasteiger partial charge in [0.15, 0.2) is 5.78 Å². The van der Waals surface area contributed by atoms with Gasteiger partial charge < -0.3 is 10.6 Å². The van der Waals surface area contributed by atoms with Crippen molar-refractivity contribution in [3.63, 3.8) is 0 Å². The largest absolute Gasteiger partial charge is 0.388 e. The summed E-state index contributed by atoms with van der Waals surface area (Å²) in [6.45, 7) is 1.41. The molecule has 1 amide bonds. The zero-order valence-corrected chi connectivity index (χ0v) is 19.6. The monoisotopic (exact) mass is 504 g/mol. The highest BCUT2D eigenvalue weighted by Gasteiger charge is 2.21. The van der Waals surface area contributed by atoms with Gasteiger partial charge in [-0.25, -0.2) is 5.26 Å². The molecule has 0 unspecified atom stereocenters. The molecule has 0 radical (unpaired) electrons. The number of hydrogen-bond donors (Lipinski definition) is 4. The van der Waals surface area contributed by atoms with Gasteiger partial charge in [0.25, 0.3) is 16.0 Å². The molecule has 0 fully saturated rings. The highest BCUT2D eigenvalue weighted by molar-refractivity contribution is 7.94. The molecule has 0 aliphatic carbocycles. The summed E-state index contributed by atoms with van der Waals surface area (Å²) in [6, 6.07) is 14.8. The smallest absolute Gasteiger partial charge is 0.295 e. The molecule has 0 heterocycles. The molecule has 0 spiro atoms. The van der Waals surface area contributed by atoms with E-state index in [4.69, 9.17) is 5.26 Å². The summed E-state index contributed by atoms with van der Waals surface area (Å²) in [7, 11) is -3.03. The van der Waals surface area contributed by atoms with Crippen LogP contribution in [0.3, 0.4) is 0 Å². The average Bonchev–Trinajstić information content (AvgIpc) is 2.82. The third-order valence-corrected chi connectivity index (χ3v) is 6.33. The van der Waals surface area contributed by atoms with Crippen LogP contribution in [0.25, 0.3) is 11.1 Å². The lowest BCUT2D eigenvalue weighted by molar-refractivity contribution is -0.432. The number of rotatable bonds is 9. The van der Waals surface area contributed by atoms with Crippen molar-refractivity contribution in [1.29, 1.82) is 0 Å². The Morgan fingerprint density at radius 3 is 2.12 bits per heavy atom. The fourth-order valence-corrected chi connectivity index (χ4v) is 4.40. The Kier molecular flexibility index (Phi) is 8.04. The summed E-state index contributed by atoms with van der Waals surface area (Å²) in [4.78, 5) is 23.9. The first kappa shape index (κ1) is 25.4. The highest BCUT2D eigenvalue weighted by Crippen LogP contribution is 2.38. The van der Waals surface area contributed by atoms with Crippen molar-refractivity contribution < 1.29 is 37.2 Å². The highest BCUT2D eigenvalue weighted by atomic mass is 32.2. The molecule has 0 saturated carbocycles. The predicted molar refractivity (Wildman–Crippen MR) is 126 cm³/mol. The summed E-state index contributed by atoms with van der Waals surface area (Å²) < 4.78 is 38.7. The lowest BCUT2D eigenvalue weighted by atomic mass is 10.0. The van der Waals surface area contributed by atoms with Crippen molar-refractivity contribution in [3.05, 3.63) is 71.8 Å². The fourth-order valence-electron chi connectivity index (χ4n) is 3.12. The van der Waals surface area contributed by atoms with Gasteiger partial charge in [-0.05, 0) is 48.9 Å². The molecule has 34 heavy (non-hydrogen) atoms. The lowest BCUT2D eigenvalue weighted by Crippen LogP contribution is -2.13. The number of ketones is 1. The van der Waals surface area contributed by atoms with Crippen LogP contribution in [-0.4, -0.2) is 37.0 Å². The molecule has 0 aromatic heterocycles. The van der Waals surface area contributed by atoms with Crippen LogP contribution in [0.15, 0.2) is 70.5 Å². The first-order valence-corrected chi connectivity index (χ1v) is 11.8. The van der Waals surface area contributed by atoms with Crippen molar-refractivity contribution in [2.75, 3.05) is 17.7 Å². The minimum atomic E-state index is -4.71. The van der Waals surface area contributed by atoms with Crippen molar-refractivity contribution in [1.82, 2.24) is 0 Å². The van der Waals surface area contributed by atoms with Crippen LogP contribution >= 0.6 is 12.0 Å². The quantitative estimate of drug-likeness (QED) is 0.108. The Labute approximate surface area is 199 Å². The minimum absolute atomic E-state index is 0.119. The van der Waals surface area contributed by atoms with E-state index < -0.39 is 20.9 Å². The standard InChI is InChI=1S/C22H20N2O8S2/c1-13(25)14-3-5-15(6-4-14)22(26)24-17-8-10-19(21(12-17)34(28,29)30)18-9-7-16(23-2)11-20(18)33-32-31-27/h3-12,23,27H,1-2H3,(H,24,26)(H,28,29,30). The molecule has 178 valence electrons. The molecule has 0 saturated heterocycles. The Bertz CT molecular complexity index is 1330. The molecule has 0 aliphatic rings. The number of nitrogens with one attached hydrogen (secondary N) is 2. The fraction of sp³-hybridized carbons (Fsp3) is 0.0909. The number of hydrogen-bond acceptors (Lipinski definition) is 9. The van der Waals surface area contributed by atoms with Crippen LogP contribution in [0, 0.1) is 0 Å². The van der Waals surface area contributed by atoms with Gasteiger partial charge in [-0.2, -0.15) is 8.42 Å². The van der Waals surface area contributed by atoms with Crippen LogP contribution in [0.4, 0.5) is 11.4 Å². The maximum Gasteiger partial charge on any atom is 0.295 e. The SMILES string of the molecule is CNc1ccc(-c2ccc(NC(=O)c3ccc(C(C)=O)cc3)cc2S(=O)(=O)O)c(SOOO)c1. The van der Waals surface area contributed by atoms with Gasteiger partial charge in [0.1, 0.15) is 4.90 Å². The number of anilines is 2. The van der Waals surface area contributed by atoms with E-state index in [2.05, 4.69) is 20.0 Å². The number of amides is 1. The molecule has 0 atom stereocenters. The zero-order valence-electron chi connectivity index (χ0n) is 17.9. The normalized spacial score (nSPS) is 11.2. The van der Waals surface area contributed by atoms with Gasteiger partial charge >= 0.3 is 0 Å². The van der Waals surface area contributed by atoms with Crippen molar-refractivity contribution in [2.24, 2.45) is 0 Å². The van der Waals surface area contributed by atoms with Crippen LogP contribution in [0.2, 0.25) is 0 Å². The van der Waals surface area contributed by atoms with Crippen molar-refractivity contribution >= 4 is 45.2 Å². The first-order valence-electron chi connectivity index (χ1n) is 9.65. The second kappa shape index (κ2) is 10.8. The van der Waals surface area contributed by atoms with Crippen LogP contribution < -0.4 is 10.6 Å². The molecule has 0 aliphatic heterocycles. The van der Waals surface area contributed by atoms with E-state index in [0.29, 0.717) is 33.8 Å². The van der Waals surface area contributed by atoms with Gasteiger partial charge in [-0.1, -0.05) is 29.3 Å². The minimum Gasteiger partial charge on any atom is -0.388 e. The van der Waals surface area contributed by atoms with E-state index in [-0.39, 0.29) is 22.6 Å². The van der Waals surface area contributed by atoms with E-state index in [9.17, 15) is 22.6 Å². The molecule has 3 rings (SSSR count). The van der Waals surface area contributed by atoms with Crippen LogP contribution in [-0.2, 0) is 19.5 Å². The molecular formula is C22H20N2O8S2. The maximum atomic E-state index is 12.6. The van der Waals surface area contributed by atoms with Gasteiger partial charge in [0.2, 0.25) is 0 Å². The number of carbonyl (C=O) groups is 2. The van der Waals surface area contributed by atoms with Crippen LogP contribution in [0.1, 0.15) is 27.6 Å². The summed E-state index contributed by atoms with van der Waals surface area (Å²) >= 11 is 0.624. The van der Waals surface area contributed by atoms with E-state index in [1.165, 1.54) is 43.3 Å². The van der Waals surface area contributed by atoms with Gasteiger partial charge in [-0.3, -0.25) is 14.1 Å². The molecule has 4 N–H and O–H groups in total. The second-order valence-electron chi connectivity index (χ2n) is 6.96. The summed E-state index contributed by atoms with van der Waals surface area (Å²) in [6.07, 6.45) is 0. The Morgan fingerprint density at radius 1 is 0.912 bits per heavy atom. The van der Waals surface area contributed by atoms with Crippen molar-refractivity contribution in [3.8, 4) is 11.1 Å². The lowest BCUT2D eigenvalue weighted by Gasteiger charge is -2.14. The topological polar surface area (TPSA) is 151 Å². The molecule has 3 aromatic rings. The van der Waals surface area contributed by atoms with E-state index in [1.54, 1.807) is 25.2 Å². The third kappa shape index (κ3) is 5.99. The number of Topliss-reactive ketones (excluding diaryl/α,β-unsaturated/α-hetero) is 1. The zero-order chi connectivity index (χ0) is 24.9. The number of benzene rings is 3. The van der Waals surface area contributed by atoms with Gasteiger partial charge in [0.05, 0.1) is 12.0 Å². The third-order valence-electron chi connectivity index (χ3n) is 4.79. The summed E-state index contributed by atoms with van der Waals surface area (Å²) in [5.41, 5.74) is 1.96. The molecule has 0 bridgehead atoms. The molecule has 3 aromatic carbocycles. The predicted octanol–water partition coefficient (Wildman–Crippen LogP) is 4.53. The van der Waals surface area contributed by atoms with Crippen molar-refractivity contribution in [2.45, 2.75) is 16.7 Å². The number of carbonyl (C=O) groups excluding carboxylic acids is 2. The van der Waals surface area contributed by atoms with Gasteiger partial charge in [0, 0.05) is 40.0 Å². The molecular weight excluding hydrogens is 484 g/mol. The average molecular weight is 505 g/mol. The Morgan fingerprint density at radius 2 is 1.53 bits per heavy atom. The summed E-state index contributed by atoms with van der Waals surface area (Å²) in [5, 5.41) is 17.6. The van der Waals surface area contributed by atoms with E-state index in [1.807, 2.05) is 0 Å². The Balaban J connectivity index is 2.00. The second-order valence-corrected chi connectivity index (χ2v) is 9.09. The molecule has 12 heteroatoms. The Hall–Kier alpha value is -3.26. The molecule has 10 nitrogen and oxygen atoms in total. The summed E-state index contributed by atoms with van der Waals surface area (Å²) in [5.74, 6) is -0.677. The first-order chi connectivity index (χ1) is 16.1. The maximum absolute atomic E-state index is 12.6.